The molecule has 0 aliphatic heterocycles. The lowest BCUT2D eigenvalue weighted by Gasteiger charge is -2.09. The number of carbonyl (C=O) groups is 2. The fourth-order valence-corrected chi connectivity index (χ4v) is 1.29. The van der Waals surface area contributed by atoms with Crippen LogP contribution in [0, 0.1) is 18.3 Å². The van der Waals surface area contributed by atoms with Crippen molar-refractivity contribution in [3.05, 3.63) is 29.8 Å². The average molecular weight is 260 g/mol. The zero-order valence-corrected chi connectivity index (χ0v) is 10.6. The first kappa shape index (κ1) is 14.7. The van der Waals surface area contributed by atoms with Crippen molar-refractivity contribution in [1.29, 1.82) is 0 Å². The van der Waals surface area contributed by atoms with Crippen LogP contribution in [-0.2, 0) is 9.59 Å². The molecule has 0 saturated carbocycles. The van der Waals surface area contributed by atoms with Crippen LogP contribution >= 0.6 is 0 Å². The molecule has 0 saturated heterocycles. The second-order valence-corrected chi connectivity index (χ2v) is 4.18. The van der Waals surface area contributed by atoms with E-state index in [0.29, 0.717) is 11.3 Å². The molecule has 5 heteroatoms. The van der Waals surface area contributed by atoms with Gasteiger partial charge in [0.2, 0.25) is 0 Å². The molecule has 5 nitrogen and oxygen atoms in total. The molecular formula is C14H16N2O3. The quantitative estimate of drug-likeness (QED) is 0.540. The van der Waals surface area contributed by atoms with Gasteiger partial charge in [0, 0.05) is 24.4 Å². The van der Waals surface area contributed by atoms with Crippen LogP contribution in [0.15, 0.2) is 24.3 Å². The zero-order valence-electron chi connectivity index (χ0n) is 10.6. The van der Waals surface area contributed by atoms with Crippen LogP contribution < -0.4 is 10.6 Å². The van der Waals surface area contributed by atoms with E-state index < -0.39 is 11.8 Å². The van der Waals surface area contributed by atoms with Gasteiger partial charge in [0.05, 0.1) is 0 Å². The largest absolute Gasteiger partial charge is 0.396 e. The summed E-state index contributed by atoms with van der Waals surface area (Å²) in [7, 11) is 0. The minimum Gasteiger partial charge on any atom is -0.396 e. The van der Waals surface area contributed by atoms with E-state index in [4.69, 9.17) is 11.5 Å². The van der Waals surface area contributed by atoms with Crippen molar-refractivity contribution >= 4 is 17.5 Å². The summed E-state index contributed by atoms with van der Waals surface area (Å²) in [6.45, 7) is 1.95. The predicted molar refractivity (Wildman–Crippen MR) is 72.3 cm³/mol. The highest BCUT2D eigenvalue weighted by Gasteiger charge is 2.14. The molecule has 2 amide bonds. The number of carbonyl (C=O) groups excluding carboxylic acids is 2. The molecule has 0 heterocycles. The lowest BCUT2D eigenvalue weighted by molar-refractivity contribution is -0.136. The maximum atomic E-state index is 11.6. The number of nitrogens with one attached hydrogen (secondary N) is 2. The number of aliphatic hydroxyl groups is 1. The fourth-order valence-electron chi connectivity index (χ4n) is 1.29. The van der Waals surface area contributed by atoms with E-state index in [1.54, 1.807) is 31.2 Å². The maximum absolute atomic E-state index is 11.6. The third-order valence-corrected chi connectivity index (χ3v) is 2.42. The van der Waals surface area contributed by atoms with Gasteiger partial charge in [-0.15, -0.1) is 6.42 Å². The second kappa shape index (κ2) is 7.19. The Kier molecular flexibility index (Phi) is 5.58. The number of terminal acetylenes is 1. The summed E-state index contributed by atoms with van der Waals surface area (Å²) >= 11 is 0. The van der Waals surface area contributed by atoms with E-state index >= 15 is 0 Å². The first-order chi connectivity index (χ1) is 9.06. The summed E-state index contributed by atoms with van der Waals surface area (Å²) < 4.78 is 0. The molecular weight excluding hydrogens is 244 g/mol. The lowest BCUT2D eigenvalue weighted by atomic mass is 10.2. The summed E-state index contributed by atoms with van der Waals surface area (Å²) in [5, 5.41) is 13.7. The predicted octanol–water partition coefficient (Wildman–Crippen LogP) is 0.351. The summed E-state index contributed by atoms with van der Waals surface area (Å²) in [6, 6.07) is 6.65. The number of benzene rings is 1. The van der Waals surface area contributed by atoms with Gasteiger partial charge >= 0.3 is 11.8 Å². The van der Waals surface area contributed by atoms with Crippen molar-refractivity contribution in [3.63, 3.8) is 0 Å². The Morgan fingerprint density at radius 2 is 2.16 bits per heavy atom. The molecule has 0 aromatic heterocycles. The van der Waals surface area contributed by atoms with Crippen molar-refractivity contribution in [3.8, 4) is 12.3 Å². The van der Waals surface area contributed by atoms with Gasteiger partial charge in [-0.1, -0.05) is 18.9 Å². The SMILES string of the molecule is C#Cc1cccc(NC(=O)C(=O)NCC(C)CO)c1. The molecule has 3 N–H and O–H groups in total. The monoisotopic (exact) mass is 260 g/mol. The summed E-state index contributed by atoms with van der Waals surface area (Å²) in [5.74, 6) is 0.833. The van der Waals surface area contributed by atoms with Gasteiger partial charge in [0.15, 0.2) is 0 Å². The third kappa shape index (κ3) is 4.82. The molecule has 0 aliphatic carbocycles. The summed E-state index contributed by atoms with van der Waals surface area (Å²) in [5.41, 5.74) is 1.08. The Hall–Kier alpha value is -2.32. The molecule has 0 radical (unpaired) electrons. The molecule has 1 rings (SSSR count). The van der Waals surface area contributed by atoms with E-state index in [-0.39, 0.29) is 19.1 Å². The molecule has 0 bridgehead atoms. The minimum atomic E-state index is -0.765. The molecule has 0 fully saturated rings. The molecule has 19 heavy (non-hydrogen) atoms. The van der Waals surface area contributed by atoms with Gasteiger partial charge in [-0.3, -0.25) is 9.59 Å². The van der Waals surface area contributed by atoms with Gasteiger partial charge in [-0.2, -0.15) is 0 Å². The van der Waals surface area contributed by atoms with E-state index in [2.05, 4.69) is 16.6 Å². The van der Waals surface area contributed by atoms with Crippen LogP contribution in [0.1, 0.15) is 12.5 Å². The summed E-state index contributed by atoms with van der Waals surface area (Å²) in [6.07, 6.45) is 5.24. The van der Waals surface area contributed by atoms with Gasteiger partial charge < -0.3 is 15.7 Å². The Labute approximate surface area is 112 Å². The van der Waals surface area contributed by atoms with E-state index in [9.17, 15) is 9.59 Å². The van der Waals surface area contributed by atoms with Gasteiger partial charge in [-0.25, -0.2) is 0 Å². The highest BCUT2D eigenvalue weighted by atomic mass is 16.3. The first-order valence-electron chi connectivity index (χ1n) is 5.83. The highest BCUT2D eigenvalue weighted by molar-refractivity contribution is 6.39. The third-order valence-electron chi connectivity index (χ3n) is 2.42. The normalized spacial score (nSPS) is 11.2. The topological polar surface area (TPSA) is 78.4 Å². The summed E-state index contributed by atoms with van der Waals surface area (Å²) in [4.78, 5) is 23.1. The Morgan fingerprint density at radius 1 is 1.42 bits per heavy atom. The van der Waals surface area contributed by atoms with E-state index in [1.165, 1.54) is 0 Å². The lowest BCUT2D eigenvalue weighted by Crippen LogP contribution is -2.38. The Balaban J connectivity index is 2.54. The first-order valence-corrected chi connectivity index (χ1v) is 5.83. The number of rotatable bonds is 4. The average Bonchev–Trinajstić information content (AvgIpc) is 2.44. The Morgan fingerprint density at radius 3 is 2.79 bits per heavy atom. The Bertz CT molecular complexity index is 506. The van der Waals surface area contributed by atoms with Crippen LogP contribution in [0.2, 0.25) is 0 Å². The number of amides is 2. The van der Waals surface area contributed by atoms with E-state index in [1.807, 2.05) is 0 Å². The molecule has 0 aliphatic rings. The fraction of sp³-hybridized carbons (Fsp3) is 0.286. The standard InChI is InChI=1S/C14H16N2O3/c1-3-11-5-4-6-12(7-11)16-14(19)13(18)15-8-10(2)9-17/h1,4-7,10,17H,8-9H2,2H3,(H,15,18)(H,16,19). The highest BCUT2D eigenvalue weighted by Crippen LogP contribution is 2.09. The van der Waals surface area contributed by atoms with Crippen LogP contribution in [0.4, 0.5) is 5.69 Å². The van der Waals surface area contributed by atoms with Crippen molar-refractivity contribution in [2.45, 2.75) is 6.92 Å². The molecule has 1 aromatic carbocycles. The molecule has 0 spiro atoms. The smallest absolute Gasteiger partial charge is 0.313 e. The van der Waals surface area contributed by atoms with Gasteiger partial charge in [0.25, 0.3) is 0 Å². The van der Waals surface area contributed by atoms with Crippen molar-refractivity contribution in [2.24, 2.45) is 5.92 Å². The molecule has 1 atom stereocenters. The molecule has 100 valence electrons. The van der Waals surface area contributed by atoms with Crippen LogP contribution in [-0.4, -0.2) is 30.1 Å². The van der Waals surface area contributed by atoms with Crippen molar-refractivity contribution < 1.29 is 14.7 Å². The zero-order chi connectivity index (χ0) is 14.3. The van der Waals surface area contributed by atoms with Crippen molar-refractivity contribution in [1.82, 2.24) is 5.32 Å². The minimum absolute atomic E-state index is 0.0495. The van der Waals surface area contributed by atoms with Crippen LogP contribution in [0.25, 0.3) is 0 Å². The van der Waals surface area contributed by atoms with Gasteiger partial charge in [-0.05, 0) is 24.1 Å². The number of anilines is 1. The van der Waals surface area contributed by atoms with Crippen LogP contribution in [0.3, 0.4) is 0 Å². The molecule has 1 aromatic rings. The van der Waals surface area contributed by atoms with Crippen molar-refractivity contribution in [2.75, 3.05) is 18.5 Å². The maximum Gasteiger partial charge on any atom is 0.313 e. The van der Waals surface area contributed by atoms with Crippen LogP contribution in [0.5, 0.6) is 0 Å². The number of hydrogen-bond donors (Lipinski definition) is 3. The van der Waals surface area contributed by atoms with Gasteiger partial charge in [0.1, 0.15) is 0 Å². The number of aliphatic hydroxyl groups excluding tert-OH is 1. The molecule has 1 unspecified atom stereocenters. The number of hydrogen-bond acceptors (Lipinski definition) is 3. The van der Waals surface area contributed by atoms with E-state index in [0.717, 1.165) is 0 Å². The second-order valence-electron chi connectivity index (χ2n) is 4.18.